The third-order valence-electron chi connectivity index (χ3n) is 3.00. The van der Waals surface area contributed by atoms with E-state index in [0.717, 1.165) is 18.8 Å². The highest BCUT2D eigenvalue weighted by atomic mass is 35.5. The number of aromatic nitrogens is 2. The Morgan fingerprint density at radius 3 is 2.82 bits per heavy atom. The third-order valence-corrected chi connectivity index (χ3v) is 3.19. The maximum Gasteiger partial charge on any atom is 0.271 e. The molecule has 0 spiro atoms. The van der Waals surface area contributed by atoms with E-state index in [1.165, 1.54) is 25.2 Å². The molecule has 0 bridgehead atoms. The van der Waals surface area contributed by atoms with Crippen LogP contribution in [0.15, 0.2) is 12.4 Å². The summed E-state index contributed by atoms with van der Waals surface area (Å²) >= 11 is 5.62. The summed E-state index contributed by atoms with van der Waals surface area (Å²) in [6.07, 6.45) is 7.41. The third kappa shape index (κ3) is 3.66. The van der Waals surface area contributed by atoms with Gasteiger partial charge in [-0.2, -0.15) is 0 Å². The first kappa shape index (κ1) is 12.3. The van der Waals surface area contributed by atoms with Gasteiger partial charge in [-0.3, -0.25) is 4.79 Å². The molecular formula is C12H16ClN3O. The molecule has 1 aliphatic rings. The van der Waals surface area contributed by atoms with Gasteiger partial charge in [0.25, 0.3) is 5.91 Å². The SMILES string of the molecule is CCC(CC1CC1)NC(=O)c1cnc(Cl)cn1. The van der Waals surface area contributed by atoms with Gasteiger partial charge in [-0.25, -0.2) is 9.97 Å². The monoisotopic (exact) mass is 253 g/mol. The fourth-order valence-corrected chi connectivity index (χ4v) is 1.87. The van der Waals surface area contributed by atoms with E-state index in [1.54, 1.807) is 0 Å². The van der Waals surface area contributed by atoms with Crippen molar-refractivity contribution in [2.45, 2.75) is 38.6 Å². The zero-order chi connectivity index (χ0) is 12.3. The second-order valence-corrected chi connectivity index (χ2v) is 4.87. The van der Waals surface area contributed by atoms with Crippen LogP contribution < -0.4 is 5.32 Å². The minimum Gasteiger partial charge on any atom is -0.348 e. The molecule has 1 heterocycles. The van der Waals surface area contributed by atoms with Gasteiger partial charge in [-0.05, 0) is 18.8 Å². The van der Waals surface area contributed by atoms with Crippen LogP contribution in [0, 0.1) is 5.92 Å². The molecule has 0 radical (unpaired) electrons. The van der Waals surface area contributed by atoms with E-state index in [9.17, 15) is 4.79 Å². The number of hydrogen-bond acceptors (Lipinski definition) is 3. The van der Waals surface area contributed by atoms with Crippen LogP contribution in [-0.2, 0) is 0 Å². The number of amides is 1. The molecule has 1 amide bonds. The van der Waals surface area contributed by atoms with Crippen molar-refractivity contribution in [1.29, 1.82) is 0 Å². The topological polar surface area (TPSA) is 54.9 Å². The average molecular weight is 254 g/mol. The van der Waals surface area contributed by atoms with Crippen LogP contribution in [0.5, 0.6) is 0 Å². The Labute approximate surface area is 106 Å². The second-order valence-electron chi connectivity index (χ2n) is 4.48. The van der Waals surface area contributed by atoms with Crippen LogP contribution in [0.25, 0.3) is 0 Å². The van der Waals surface area contributed by atoms with Gasteiger partial charge in [0.2, 0.25) is 0 Å². The number of nitrogens with zero attached hydrogens (tertiary/aromatic N) is 2. The van der Waals surface area contributed by atoms with Crippen LogP contribution in [0.4, 0.5) is 0 Å². The van der Waals surface area contributed by atoms with Crippen LogP contribution in [0.1, 0.15) is 43.1 Å². The zero-order valence-electron chi connectivity index (χ0n) is 9.82. The lowest BCUT2D eigenvalue weighted by Gasteiger charge is -2.16. The van der Waals surface area contributed by atoms with Gasteiger partial charge in [-0.15, -0.1) is 0 Å². The second kappa shape index (κ2) is 5.45. The Kier molecular flexibility index (Phi) is 3.94. The molecule has 5 heteroatoms. The summed E-state index contributed by atoms with van der Waals surface area (Å²) in [5, 5.41) is 3.29. The van der Waals surface area contributed by atoms with Crippen LogP contribution in [-0.4, -0.2) is 21.9 Å². The molecule has 1 saturated carbocycles. The molecule has 1 unspecified atom stereocenters. The number of hydrogen-bond donors (Lipinski definition) is 1. The lowest BCUT2D eigenvalue weighted by molar-refractivity contribution is 0.0927. The molecule has 1 atom stereocenters. The summed E-state index contributed by atoms with van der Waals surface area (Å²) in [6.45, 7) is 2.08. The van der Waals surface area contributed by atoms with Crippen LogP contribution in [0.3, 0.4) is 0 Å². The molecule has 2 rings (SSSR count). The summed E-state index contributed by atoms with van der Waals surface area (Å²) in [5.74, 6) is 0.637. The number of nitrogens with one attached hydrogen (secondary N) is 1. The van der Waals surface area contributed by atoms with E-state index < -0.39 is 0 Å². The van der Waals surface area contributed by atoms with Crippen molar-refractivity contribution in [3.8, 4) is 0 Å². The molecule has 1 aliphatic carbocycles. The Bertz CT molecular complexity index is 389. The first-order valence-electron chi connectivity index (χ1n) is 5.97. The van der Waals surface area contributed by atoms with Crippen molar-refractivity contribution in [3.05, 3.63) is 23.2 Å². The maximum absolute atomic E-state index is 11.9. The largest absolute Gasteiger partial charge is 0.348 e. The molecule has 4 nitrogen and oxygen atoms in total. The molecular weight excluding hydrogens is 238 g/mol. The Balaban J connectivity index is 1.92. The minimum atomic E-state index is -0.165. The first-order valence-corrected chi connectivity index (χ1v) is 6.35. The van der Waals surface area contributed by atoms with Gasteiger partial charge < -0.3 is 5.32 Å². The van der Waals surface area contributed by atoms with Gasteiger partial charge in [0.05, 0.1) is 12.4 Å². The standard InChI is InChI=1S/C12H16ClN3O/c1-2-9(5-8-3-4-8)16-12(17)10-6-15-11(13)7-14-10/h6-9H,2-5H2,1H3,(H,16,17). The van der Waals surface area contributed by atoms with E-state index in [4.69, 9.17) is 11.6 Å². The van der Waals surface area contributed by atoms with Gasteiger partial charge >= 0.3 is 0 Å². The molecule has 1 N–H and O–H groups in total. The number of carbonyl (C=O) groups excluding carboxylic acids is 1. The van der Waals surface area contributed by atoms with Crippen LogP contribution in [0.2, 0.25) is 5.15 Å². The molecule has 0 saturated heterocycles. The molecule has 92 valence electrons. The highest BCUT2D eigenvalue weighted by molar-refractivity contribution is 6.29. The van der Waals surface area contributed by atoms with E-state index in [0.29, 0.717) is 10.8 Å². The summed E-state index contributed by atoms with van der Waals surface area (Å²) in [5.41, 5.74) is 0.323. The highest BCUT2D eigenvalue weighted by Crippen LogP contribution is 2.34. The van der Waals surface area contributed by atoms with Gasteiger partial charge in [0, 0.05) is 6.04 Å². The summed E-state index contributed by atoms with van der Waals surface area (Å²) in [4.78, 5) is 19.7. The van der Waals surface area contributed by atoms with E-state index in [-0.39, 0.29) is 11.9 Å². The predicted octanol–water partition coefficient (Wildman–Crippen LogP) is 2.44. The summed E-state index contributed by atoms with van der Waals surface area (Å²) in [6, 6.07) is 0.243. The number of rotatable bonds is 5. The van der Waals surface area contributed by atoms with Gasteiger partial charge in [0.1, 0.15) is 10.8 Å². The molecule has 1 aromatic heterocycles. The van der Waals surface area contributed by atoms with Gasteiger partial charge in [0.15, 0.2) is 0 Å². The fourth-order valence-electron chi connectivity index (χ4n) is 1.77. The van der Waals surface area contributed by atoms with Crippen LogP contribution >= 0.6 is 11.6 Å². The van der Waals surface area contributed by atoms with Gasteiger partial charge in [-0.1, -0.05) is 31.4 Å². The van der Waals surface area contributed by atoms with E-state index in [2.05, 4.69) is 22.2 Å². The lowest BCUT2D eigenvalue weighted by atomic mass is 10.1. The summed E-state index contributed by atoms with van der Waals surface area (Å²) in [7, 11) is 0. The van der Waals surface area contributed by atoms with Crippen molar-refractivity contribution < 1.29 is 4.79 Å². The van der Waals surface area contributed by atoms with Crippen molar-refractivity contribution in [2.75, 3.05) is 0 Å². The number of carbonyl (C=O) groups is 1. The number of halogens is 1. The normalized spacial score (nSPS) is 16.6. The molecule has 0 aromatic carbocycles. The smallest absolute Gasteiger partial charge is 0.271 e. The lowest BCUT2D eigenvalue weighted by Crippen LogP contribution is -2.35. The van der Waals surface area contributed by atoms with Crippen molar-refractivity contribution in [2.24, 2.45) is 5.92 Å². The average Bonchev–Trinajstić information content (AvgIpc) is 3.13. The zero-order valence-corrected chi connectivity index (χ0v) is 10.6. The Morgan fingerprint density at radius 1 is 1.53 bits per heavy atom. The Morgan fingerprint density at radius 2 is 2.29 bits per heavy atom. The van der Waals surface area contributed by atoms with E-state index >= 15 is 0 Å². The fraction of sp³-hybridized carbons (Fsp3) is 0.583. The van der Waals surface area contributed by atoms with E-state index in [1.807, 2.05) is 0 Å². The highest BCUT2D eigenvalue weighted by Gasteiger charge is 2.25. The van der Waals surface area contributed by atoms with Crippen molar-refractivity contribution >= 4 is 17.5 Å². The quantitative estimate of drug-likeness (QED) is 0.877. The Hall–Kier alpha value is -1.16. The molecule has 17 heavy (non-hydrogen) atoms. The summed E-state index contributed by atoms with van der Waals surface area (Å²) < 4.78 is 0. The first-order chi connectivity index (χ1) is 8.19. The molecule has 1 fully saturated rings. The predicted molar refractivity (Wildman–Crippen MR) is 65.9 cm³/mol. The van der Waals surface area contributed by atoms with Crippen molar-refractivity contribution in [1.82, 2.24) is 15.3 Å². The molecule has 1 aromatic rings. The van der Waals surface area contributed by atoms with Crippen molar-refractivity contribution in [3.63, 3.8) is 0 Å². The minimum absolute atomic E-state index is 0.165. The maximum atomic E-state index is 11.9. The molecule has 0 aliphatic heterocycles.